The third-order valence-corrected chi connectivity index (χ3v) is 6.68. The van der Waals surface area contributed by atoms with Crippen molar-refractivity contribution in [3.63, 3.8) is 0 Å². The Labute approximate surface area is 208 Å². The molecule has 1 aromatic carbocycles. The largest absolute Gasteiger partial charge is 0.491 e. The molecule has 0 saturated heterocycles. The van der Waals surface area contributed by atoms with E-state index in [1.807, 2.05) is 43.6 Å². The van der Waals surface area contributed by atoms with E-state index in [0.717, 1.165) is 37.1 Å². The smallest absolute Gasteiger partial charge is 0.159 e. The Morgan fingerprint density at radius 1 is 0.765 bits per heavy atom. The number of hydrogen-bond acceptors (Lipinski definition) is 3. The number of aryl methyl sites for hydroxylation is 1. The van der Waals surface area contributed by atoms with Gasteiger partial charge in [-0.1, -0.05) is 91.4 Å². The number of aromatic nitrogens is 2. The average Bonchev–Trinajstić information content (AvgIpc) is 2.87. The molecule has 0 aliphatic carbocycles. The van der Waals surface area contributed by atoms with E-state index in [2.05, 4.69) is 23.8 Å². The van der Waals surface area contributed by atoms with Crippen LogP contribution in [0.5, 0.6) is 5.75 Å². The standard InChI is InChI=1S/C30H47FN2O/c1-4-6-8-9-10-11-12-13-14-15-17-26-22-32-30(33-23-26)27-18-20-28(21-19-27)34-24-29(31)25(3)16-7-5-2/h18-23,25,29H,4-17,24H2,1-3H3. The summed E-state index contributed by atoms with van der Waals surface area (Å²) in [6.45, 7) is 6.47. The minimum absolute atomic E-state index is 0.0338. The van der Waals surface area contributed by atoms with Gasteiger partial charge < -0.3 is 4.74 Å². The Morgan fingerprint density at radius 3 is 1.91 bits per heavy atom. The number of ether oxygens (including phenoxy) is 1. The van der Waals surface area contributed by atoms with Crippen molar-refractivity contribution in [1.82, 2.24) is 9.97 Å². The summed E-state index contributed by atoms with van der Waals surface area (Å²) in [4.78, 5) is 9.11. The Bertz CT molecular complexity index is 747. The summed E-state index contributed by atoms with van der Waals surface area (Å²) in [5, 5.41) is 0. The number of unbranched alkanes of at least 4 members (excludes halogenated alkanes) is 10. The van der Waals surface area contributed by atoms with Crippen molar-refractivity contribution >= 4 is 0 Å². The molecular weight excluding hydrogens is 423 g/mol. The molecule has 2 unspecified atom stereocenters. The maximum Gasteiger partial charge on any atom is 0.159 e. The van der Waals surface area contributed by atoms with Gasteiger partial charge in [0.2, 0.25) is 0 Å². The molecule has 0 saturated carbocycles. The molecule has 0 amide bonds. The van der Waals surface area contributed by atoms with Gasteiger partial charge in [-0.05, 0) is 55.0 Å². The van der Waals surface area contributed by atoms with Gasteiger partial charge in [-0.2, -0.15) is 0 Å². The lowest BCUT2D eigenvalue weighted by atomic mass is 10.00. The van der Waals surface area contributed by atoms with Crippen LogP contribution in [-0.2, 0) is 6.42 Å². The first-order chi connectivity index (χ1) is 16.6. The molecule has 0 bridgehead atoms. The summed E-state index contributed by atoms with van der Waals surface area (Å²) >= 11 is 0. The van der Waals surface area contributed by atoms with Crippen molar-refractivity contribution < 1.29 is 9.13 Å². The maximum atomic E-state index is 14.3. The van der Waals surface area contributed by atoms with Crippen molar-refractivity contribution in [2.45, 2.75) is 117 Å². The lowest BCUT2D eigenvalue weighted by Gasteiger charge is -2.17. The number of halogens is 1. The predicted octanol–water partition coefficient (Wildman–Crippen LogP) is 9.15. The van der Waals surface area contributed by atoms with Gasteiger partial charge in [-0.25, -0.2) is 14.4 Å². The van der Waals surface area contributed by atoms with E-state index in [4.69, 9.17) is 4.74 Å². The molecule has 34 heavy (non-hydrogen) atoms. The van der Waals surface area contributed by atoms with Crippen LogP contribution in [0, 0.1) is 5.92 Å². The number of hydrogen-bond donors (Lipinski definition) is 0. The molecule has 0 spiro atoms. The Kier molecular flexibility index (Phi) is 14.5. The van der Waals surface area contributed by atoms with E-state index in [9.17, 15) is 4.39 Å². The molecule has 2 atom stereocenters. The molecule has 0 N–H and O–H groups in total. The number of alkyl halides is 1. The predicted molar refractivity (Wildman–Crippen MR) is 142 cm³/mol. The van der Waals surface area contributed by atoms with Crippen molar-refractivity contribution in [2.24, 2.45) is 5.92 Å². The molecule has 0 fully saturated rings. The van der Waals surface area contributed by atoms with Crippen LogP contribution in [0.15, 0.2) is 36.7 Å². The van der Waals surface area contributed by atoms with E-state index in [-0.39, 0.29) is 12.5 Å². The van der Waals surface area contributed by atoms with Crippen molar-refractivity contribution in [3.05, 3.63) is 42.2 Å². The van der Waals surface area contributed by atoms with Crippen LogP contribution in [0.3, 0.4) is 0 Å². The van der Waals surface area contributed by atoms with Gasteiger partial charge in [0, 0.05) is 18.0 Å². The van der Waals surface area contributed by atoms with Gasteiger partial charge in [0.1, 0.15) is 18.5 Å². The maximum absolute atomic E-state index is 14.3. The quantitative estimate of drug-likeness (QED) is 0.192. The van der Waals surface area contributed by atoms with Crippen LogP contribution in [0.1, 0.15) is 110 Å². The second-order valence-corrected chi connectivity index (χ2v) is 9.82. The van der Waals surface area contributed by atoms with E-state index in [0.29, 0.717) is 5.75 Å². The Morgan fingerprint density at radius 2 is 1.32 bits per heavy atom. The summed E-state index contributed by atoms with van der Waals surface area (Å²) in [5.41, 5.74) is 2.15. The number of nitrogens with zero attached hydrogens (tertiary/aromatic N) is 2. The molecule has 1 aromatic heterocycles. The zero-order valence-corrected chi connectivity index (χ0v) is 21.9. The van der Waals surface area contributed by atoms with Gasteiger partial charge in [-0.3, -0.25) is 0 Å². The number of benzene rings is 1. The van der Waals surface area contributed by atoms with Crippen LogP contribution in [0.2, 0.25) is 0 Å². The first-order valence-electron chi connectivity index (χ1n) is 13.8. The van der Waals surface area contributed by atoms with Gasteiger partial charge >= 0.3 is 0 Å². The normalized spacial score (nSPS) is 13.1. The van der Waals surface area contributed by atoms with Crippen molar-refractivity contribution in [2.75, 3.05) is 6.61 Å². The van der Waals surface area contributed by atoms with Gasteiger partial charge in [0.15, 0.2) is 5.82 Å². The fraction of sp³-hybridized carbons (Fsp3) is 0.667. The van der Waals surface area contributed by atoms with Crippen LogP contribution in [-0.4, -0.2) is 22.7 Å². The molecule has 4 heteroatoms. The third-order valence-electron chi connectivity index (χ3n) is 6.68. The summed E-state index contributed by atoms with van der Waals surface area (Å²) in [6.07, 6.45) is 20.6. The Balaban J connectivity index is 1.65. The highest BCUT2D eigenvalue weighted by Crippen LogP contribution is 2.22. The van der Waals surface area contributed by atoms with Gasteiger partial charge in [0.25, 0.3) is 0 Å². The minimum Gasteiger partial charge on any atom is -0.491 e. The second-order valence-electron chi connectivity index (χ2n) is 9.82. The first-order valence-corrected chi connectivity index (χ1v) is 13.8. The summed E-state index contributed by atoms with van der Waals surface area (Å²) < 4.78 is 19.9. The molecule has 190 valence electrons. The summed E-state index contributed by atoms with van der Waals surface area (Å²) in [7, 11) is 0. The monoisotopic (exact) mass is 470 g/mol. The lowest BCUT2D eigenvalue weighted by molar-refractivity contribution is 0.142. The van der Waals surface area contributed by atoms with Crippen LogP contribution in [0.25, 0.3) is 11.4 Å². The van der Waals surface area contributed by atoms with E-state index < -0.39 is 6.17 Å². The fourth-order valence-electron chi connectivity index (χ4n) is 4.20. The van der Waals surface area contributed by atoms with Crippen LogP contribution < -0.4 is 4.74 Å². The number of rotatable bonds is 19. The zero-order chi connectivity index (χ0) is 24.4. The third kappa shape index (κ3) is 11.4. The van der Waals surface area contributed by atoms with Crippen LogP contribution >= 0.6 is 0 Å². The molecule has 0 aliphatic heterocycles. The van der Waals surface area contributed by atoms with Gasteiger partial charge in [0.05, 0.1) is 0 Å². The topological polar surface area (TPSA) is 35.0 Å². The minimum atomic E-state index is -0.933. The summed E-state index contributed by atoms with van der Waals surface area (Å²) in [5.74, 6) is 1.44. The molecule has 2 aromatic rings. The second kappa shape index (κ2) is 17.5. The highest BCUT2D eigenvalue weighted by molar-refractivity contribution is 5.55. The highest BCUT2D eigenvalue weighted by atomic mass is 19.1. The van der Waals surface area contributed by atoms with E-state index in [1.165, 1.54) is 69.8 Å². The Hall–Kier alpha value is -1.97. The highest BCUT2D eigenvalue weighted by Gasteiger charge is 2.16. The molecule has 2 rings (SSSR count). The summed E-state index contributed by atoms with van der Waals surface area (Å²) in [6, 6.07) is 7.64. The van der Waals surface area contributed by atoms with Crippen molar-refractivity contribution in [3.8, 4) is 17.1 Å². The zero-order valence-electron chi connectivity index (χ0n) is 21.9. The molecule has 1 heterocycles. The molecule has 0 aliphatic rings. The molecule has 0 radical (unpaired) electrons. The molecular formula is C30H47FN2O. The first kappa shape index (κ1) is 28.3. The SMILES string of the molecule is CCCCCCCCCCCCc1cnc(-c2ccc(OCC(F)C(C)CCCC)cc2)nc1. The van der Waals surface area contributed by atoms with Crippen LogP contribution in [0.4, 0.5) is 4.39 Å². The van der Waals surface area contributed by atoms with Crippen molar-refractivity contribution in [1.29, 1.82) is 0 Å². The lowest BCUT2D eigenvalue weighted by Crippen LogP contribution is -2.21. The van der Waals surface area contributed by atoms with Gasteiger partial charge in [-0.15, -0.1) is 0 Å². The van der Waals surface area contributed by atoms with E-state index in [1.54, 1.807) is 0 Å². The van der Waals surface area contributed by atoms with E-state index >= 15 is 0 Å². The fourth-order valence-corrected chi connectivity index (χ4v) is 4.20. The molecule has 3 nitrogen and oxygen atoms in total. The average molecular weight is 471 g/mol.